The summed E-state index contributed by atoms with van der Waals surface area (Å²) in [6.45, 7) is 6.27. The average Bonchev–Trinajstić information content (AvgIpc) is 3.25. The van der Waals surface area contributed by atoms with E-state index in [1.165, 1.54) is 22.9 Å². The highest BCUT2D eigenvalue weighted by Crippen LogP contribution is 2.59. The van der Waals surface area contributed by atoms with Gasteiger partial charge in [-0.25, -0.2) is 0 Å². The third kappa shape index (κ3) is 4.19. The molecule has 1 heterocycles. The Bertz CT molecular complexity index is 1170. The van der Waals surface area contributed by atoms with E-state index in [9.17, 15) is 4.79 Å². The lowest BCUT2D eigenvalue weighted by atomic mass is 9.49. The summed E-state index contributed by atoms with van der Waals surface area (Å²) in [6, 6.07) is 16.2. The number of carbonyl (C=O) groups excluding carboxylic acids is 1. The molecule has 2 atom stereocenters. The van der Waals surface area contributed by atoms with Crippen molar-refractivity contribution in [2.75, 3.05) is 20.2 Å². The smallest absolute Gasteiger partial charge is 0.227 e. The van der Waals surface area contributed by atoms with Crippen LogP contribution in [0.5, 0.6) is 5.75 Å². The van der Waals surface area contributed by atoms with Crippen molar-refractivity contribution >= 4 is 16.8 Å². The van der Waals surface area contributed by atoms with Crippen molar-refractivity contribution in [1.29, 1.82) is 0 Å². The van der Waals surface area contributed by atoms with E-state index in [1.807, 2.05) is 24.3 Å². The number of aromatic nitrogens is 1. The monoisotopic (exact) mass is 442 g/mol. The SMILES string of the molecule is COc1ccc(CC(=O)N(CCc2c[nH]c3ccccc23)CC2=CCC3CC2C3(C)C)cc1. The Morgan fingerprint density at radius 1 is 1.15 bits per heavy atom. The predicted molar refractivity (Wildman–Crippen MR) is 133 cm³/mol. The van der Waals surface area contributed by atoms with Crippen LogP contribution in [0.4, 0.5) is 0 Å². The lowest BCUT2D eigenvalue weighted by molar-refractivity contribution is -0.130. The maximum absolute atomic E-state index is 13.5. The minimum Gasteiger partial charge on any atom is -0.497 e. The molecule has 4 heteroatoms. The fourth-order valence-electron chi connectivity index (χ4n) is 5.79. The highest BCUT2D eigenvalue weighted by Gasteiger charge is 2.51. The Morgan fingerprint density at radius 3 is 2.67 bits per heavy atom. The van der Waals surface area contributed by atoms with E-state index in [-0.39, 0.29) is 5.91 Å². The van der Waals surface area contributed by atoms with Gasteiger partial charge in [0.1, 0.15) is 5.75 Å². The summed E-state index contributed by atoms with van der Waals surface area (Å²) >= 11 is 0. The van der Waals surface area contributed by atoms with Gasteiger partial charge in [-0.3, -0.25) is 4.79 Å². The molecule has 1 amide bonds. The lowest BCUT2D eigenvalue weighted by Gasteiger charge is -2.57. The summed E-state index contributed by atoms with van der Waals surface area (Å²) in [5, 5.41) is 1.25. The van der Waals surface area contributed by atoms with Crippen molar-refractivity contribution in [1.82, 2.24) is 9.88 Å². The van der Waals surface area contributed by atoms with E-state index in [2.05, 4.69) is 60.3 Å². The van der Waals surface area contributed by atoms with Crippen LogP contribution in [-0.4, -0.2) is 36.0 Å². The molecular weight excluding hydrogens is 408 g/mol. The minimum absolute atomic E-state index is 0.195. The maximum Gasteiger partial charge on any atom is 0.227 e. The number of hydrogen-bond donors (Lipinski definition) is 1. The van der Waals surface area contributed by atoms with E-state index in [1.54, 1.807) is 7.11 Å². The molecule has 0 aliphatic heterocycles. The Morgan fingerprint density at radius 2 is 1.94 bits per heavy atom. The second-order valence-electron chi connectivity index (χ2n) is 10.3. The van der Waals surface area contributed by atoms with Crippen LogP contribution in [-0.2, 0) is 17.6 Å². The second-order valence-corrected chi connectivity index (χ2v) is 10.3. The fourth-order valence-corrected chi connectivity index (χ4v) is 5.79. The van der Waals surface area contributed by atoms with Gasteiger partial charge in [-0.15, -0.1) is 0 Å². The van der Waals surface area contributed by atoms with Crippen LogP contribution >= 0.6 is 0 Å². The van der Waals surface area contributed by atoms with Crippen molar-refractivity contribution in [2.45, 2.75) is 39.5 Å². The van der Waals surface area contributed by atoms with Gasteiger partial charge in [-0.2, -0.15) is 0 Å². The van der Waals surface area contributed by atoms with E-state index >= 15 is 0 Å². The summed E-state index contributed by atoms with van der Waals surface area (Å²) in [5.41, 5.74) is 5.28. The number of allylic oxidation sites excluding steroid dienone is 1. The van der Waals surface area contributed by atoms with Crippen molar-refractivity contribution in [2.24, 2.45) is 17.3 Å². The zero-order valence-corrected chi connectivity index (χ0v) is 19.9. The number of H-pyrrole nitrogens is 1. The predicted octanol–water partition coefficient (Wildman–Crippen LogP) is 5.78. The van der Waals surface area contributed by atoms with Crippen molar-refractivity contribution < 1.29 is 9.53 Å². The third-order valence-electron chi connectivity index (χ3n) is 8.15. The quantitative estimate of drug-likeness (QED) is 0.449. The molecule has 2 aromatic carbocycles. The number of methoxy groups -OCH3 is 1. The average molecular weight is 443 g/mol. The third-order valence-corrected chi connectivity index (χ3v) is 8.15. The number of benzene rings is 2. The number of para-hydroxylation sites is 1. The Kier molecular flexibility index (Phi) is 5.77. The van der Waals surface area contributed by atoms with Crippen LogP contribution < -0.4 is 4.74 Å². The number of ether oxygens (including phenoxy) is 1. The molecule has 172 valence electrons. The number of nitrogens with zero attached hydrogens (tertiary/aromatic N) is 1. The van der Waals surface area contributed by atoms with Crippen LogP contribution in [0.1, 0.15) is 37.8 Å². The van der Waals surface area contributed by atoms with Gasteiger partial charge in [0.05, 0.1) is 13.5 Å². The van der Waals surface area contributed by atoms with E-state index in [0.717, 1.165) is 48.7 Å². The number of nitrogens with one attached hydrogen (secondary N) is 1. The molecule has 0 spiro atoms. The van der Waals surface area contributed by atoms with Crippen LogP contribution in [0.25, 0.3) is 10.9 Å². The highest BCUT2D eigenvalue weighted by atomic mass is 16.5. The number of hydrogen-bond acceptors (Lipinski definition) is 2. The molecule has 3 aliphatic carbocycles. The number of aromatic amines is 1. The summed E-state index contributed by atoms with van der Waals surface area (Å²) in [5.74, 6) is 2.43. The van der Waals surface area contributed by atoms with Gasteiger partial charge in [0, 0.05) is 30.2 Å². The van der Waals surface area contributed by atoms with Gasteiger partial charge in [-0.05, 0) is 65.8 Å². The molecule has 2 unspecified atom stereocenters. The normalized spacial score (nSPS) is 20.8. The van der Waals surface area contributed by atoms with E-state index in [0.29, 0.717) is 17.8 Å². The molecule has 1 aromatic heterocycles. The first-order valence-corrected chi connectivity index (χ1v) is 12.1. The first-order valence-electron chi connectivity index (χ1n) is 12.1. The standard InChI is InChI=1S/C29H34N2O2/c1-29(2)23-11-10-22(26(29)17-23)19-31(28(32)16-20-8-12-24(33-3)13-9-20)15-14-21-18-30-27-7-5-4-6-25(21)27/h4-10,12-13,18,23,26,30H,11,14-17,19H2,1-3H3. The van der Waals surface area contributed by atoms with Crippen LogP contribution in [0.15, 0.2) is 66.4 Å². The molecule has 3 aliphatic rings. The molecular formula is C29H34N2O2. The zero-order chi connectivity index (χ0) is 23.0. The molecule has 3 aromatic rings. The van der Waals surface area contributed by atoms with Gasteiger partial charge >= 0.3 is 0 Å². The number of carbonyl (C=O) groups is 1. The zero-order valence-electron chi connectivity index (χ0n) is 19.9. The fraction of sp³-hybridized carbons (Fsp3) is 0.414. The van der Waals surface area contributed by atoms with Crippen molar-refractivity contribution in [3.63, 3.8) is 0 Å². The molecule has 1 saturated carbocycles. The van der Waals surface area contributed by atoms with Crippen LogP contribution in [0.3, 0.4) is 0 Å². The lowest BCUT2D eigenvalue weighted by Crippen LogP contribution is -2.50. The molecule has 4 nitrogen and oxygen atoms in total. The molecule has 0 radical (unpaired) electrons. The Balaban J connectivity index is 1.34. The number of amides is 1. The number of fused-ring (bicyclic) bond motifs is 2. The summed E-state index contributed by atoms with van der Waals surface area (Å²) in [6.07, 6.45) is 8.22. The molecule has 6 rings (SSSR count). The Hall–Kier alpha value is -3.01. The van der Waals surface area contributed by atoms with E-state index in [4.69, 9.17) is 4.74 Å². The van der Waals surface area contributed by atoms with Crippen molar-refractivity contribution in [3.05, 3.63) is 77.5 Å². The molecule has 0 saturated heterocycles. The minimum atomic E-state index is 0.195. The van der Waals surface area contributed by atoms with Crippen LogP contribution in [0, 0.1) is 17.3 Å². The maximum atomic E-state index is 13.5. The first-order chi connectivity index (χ1) is 16.0. The molecule has 2 bridgehead atoms. The molecule has 33 heavy (non-hydrogen) atoms. The largest absolute Gasteiger partial charge is 0.497 e. The summed E-state index contributed by atoms with van der Waals surface area (Å²) < 4.78 is 5.27. The highest BCUT2D eigenvalue weighted by molar-refractivity contribution is 5.83. The van der Waals surface area contributed by atoms with Crippen molar-refractivity contribution in [3.8, 4) is 5.75 Å². The van der Waals surface area contributed by atoms with Gasteiger partial charge < -0.3 is 14.6 Å². The Labute approximate surface area is 196 Å². The molecule has 1 fully saturated rings. The summed E-state index contributed by atoms with van der Waals surface area (Å²) in [4.78, 5) is 19.0. The topological polar surface area (TPSA) is 45.3 Å². The van der Waals surface area contributed by atoms with Crippen LogP contribution in [0.2, 0.25) is 0 Å². The number of rotatable bonds is 8. The van der Waals surface area contributed by atoms with Gasteiger partial charge in [0.15, 0.2) is 0 Å². The summed E-state index contributed by atoms with van der Waals surface area (Å²) in [7, 11) is 1.66. The molecule has 1 N–H and O–H groups in total. The van der Waals surface area contributed by atoms with Gasteiger partial charge in [0.2, 0.25) is 5.91 Å². The van der Waals surface area contributed by atoms with Gasteiger partial charge in [-0.1, -0.05) is 55.8 Å². The van der Waals surface area contributed by atoms with Gasteiger partial charge in [0.25, 0.3) is 0 Å². The van der Waals surface area contributed by atoms with E-state index < -0.39 is 0 Å². The second kappa shape index (κ2) is 8.74. The first kappa shape index (κ1) is 21.8.